The number of anilines is 1. The standard InChI is InChI=1S/C39H58N8O6/c1-7-36(4)18-28(49)38(6)32-27(48)8-10-39(32,25(3)33(36)52)12-11-37(38,5)53-30(51)21-44-14-16-45(17-15-44)29(50)9-13-46-23-43-31-34(46)41-22-42-35(31)47-20-24(2)26(47)19-40/h7,22-26,28,32-33,49,52H,1,8-21,40H2,2-6H3. The van der Waals surface area contributed by atoms with Crippen LogP contribution in [0, 0.1) is 34.0 Å². The Labute approximate surface area is 312 Å². The number of hydrogen-bond acceptors (Lipinski definition) is 12. The van der Waals surface area contributed by atoms with E-state index in [0.29, 0.717) is 88.5 Å². The summed E-state index contributed by atoms with van der Waals surface area (Å²) in [5.41, 5.74) is 4.00. The number of ether oxygens (including phenoxy) is 1. The van der Waals surface area contributed by atoms with Crippen molar-refractivity contribution < 1.29 is 29.3 Å². The Balaban J connectivity index is 0.964. The average Bonchev–Trinajstić information content (AvgIpc) is 3.72. The molecule has 0 radical (unpaired) electrons. The number of aryl methyl sites for hydroxylation is 1. The first-order valence-corrected chi connectivity index (χ1v) is 19.5. The Morgan fingerprint density at radius 3 is 2.49 bits per heavy atom. The zero-order chi connectivity index (χ0) is 38.1. The van der Waals surface area contributed by atoms with Gasteiger partial charge in [-0.2, -0.15) is 0 Å². The summed E-state index contributed by atoms with van der Waals surface area (Å²) in [4.78, 5) is 60.3. The third-order valence-electron chi connectivity index (χ3n) is 14.8. The third kappa shape index (κ3) is 5.90. The second-order valence-corrected chi connectivity index (χ2v) is 17.4. The molecule has 10 atom stereocenters. The molecule has 53 heavy (non-hydrogen) atoms. The van der Waals surface area contributed by atoms with Gasteiger partial charge >= 0.3 is 5.97 Å². The molecule has 3 saturated carbocycles. The lowest BCUT2D eigenvalue weighted by atomic mass is 9.42. The number of rotatable bonds is 9. The van der Waals surface area contributed by atoms with Crippen molar-refractivity contribution in [3.05, 3.63) is 25.3 Å². The molecule has 2 aliphatic heterocycles. The third-order valence-corrected chi connectivity index (χ3v) is 14.8. The summed E-state index contributed by atoms with van der Waals surface area (Å²) in [6.45, 7) is 17.9. The van der Waals surface area contributed by atoms with Crippen molar-refractivity contribution in [3.63, 3.8) is 0 Å². The molecule has 3 aliphatic carbocycles. The Bertz CT molecular complexity index is 1760. The molecular formula is C39H58N8O6. The number of carbonyl (C=O) groups excluding carboxylic acids is 3. The minimum absolute atomic E-state index is 0.0274. The number of aliphatic hydroxyl groups excluding tert-OH is 2. The van der Waals surface area contributed by atoms with Gasteiger partial charge in [0.25, 0.3) is 0 Å². The van der Waals surface area contributed by atoms with Gasteiger partial charge < -0.3 is 35.1 Å². The van der Waals surface area contributed by atoms with Gasteiger partial charge in [-0.05, 0) is 49.9 Å². The topological polar surface area (TPSA) is 180 Å². The van der Waals surface area contributed by atoms with Gasteiger partial charge in [-0.25, -0.2) is 15.0 Å². The van der Waals surface area contributed by atoms with Crippen LogP contribution in [0.25, 0.3) is 11.2 Å². The highest BCUT2D eigenvalue weighted by Gasteiger charge is 2.72. The van der Waals surface area contributed by atoms with Crippen LogP contribution in [0.15, 0.2) is 25.3 Å². The van der Waals surface area contributed by atoms with Gasteiger partial charge in [0.05, 0.1) is 25.1 Å². The Kier molecular flexibility index (Phi) is 9.77. The molecular weight excluding hydrogens is 676 g/mol. The average molecular weight is 735 g/mol. The van der Waals surface area contributed by atoms with Crippen LogP contribution in [-0.2, 0) is 25.7 Å². The molecule has 4 heterocycles. The molecule has 14 heteroatoms. The number of Topliss-reactive ketones (excluding diaryl/α,β-unsaturated/α-hetero) is 1. The molecule has 2 aromatic heterocycles. The van der Waals surface area contributed by atoms with E-state index in [-0.39, 0.29) is 36.6 Å². The van der Waals surface area contributed by atoms with Gasteiger partial charge in [0.15, 0.2) is 17.0 Å². The highest BCUT2D eigenvalue weighted by atomic mass is 16.6. The van der Waals surface area contributed by atoms with Crippen molar-refractivity contribution in [1.82, 2.24) is 29.3 Å². The predicted molar refractivity (Wildman–Crippen MR) is 198 cm³/mol. The first kappa shape index (κ1) is 37.8. The Morgan fingerprint density at radius 1 is 1.08 bits per heavy atom. The summed E-state index contributed by atoms with van der Waals surface area (Å²) in [6.07, 6.45) is 5.88. The molecule has 7 rings (SSSR count). The fourth-order valence-corrected chi connectivity index (χ4v) is 11.1. The van der Waals surface area contributed by atoms with Crippen molar-refractivity contribution in [1.29, 1.82) is 0 Å². The number of imidazole rings is 1. The highest BCUT2D eigenvalue weighted by Crippen LogP contribution is 2.69. The lowest BCUT2D eigenvalue weighted by Crippen LogP contribution is -2.69. The smallest absolute Gasteiger partial charge is 0.320 e. The van der Waals surface area contributed by atoms with Crippen LogP contribution in [-0.4, -0.2) is 127 Å². The fraction of sp³-hybridized carbons (Fsp3) is 0.744. The monoisotopic (exact) mass is 734 g/mol. The molecule has 5 fully saturated rings. The van der Waals surface area contributed by atoms with Crippen molar-refractivity contribution in [2.45, 2.75) is 104 Å². The van der Waals surface area contributed by atoms with E-state index in [1.54, 1.807) is 18.7 Å². The number of fused-ring (bicyclic) bond motifs is 1. The van der Waals surface area contributed by atoms with E-state index < -0.39 is 45.9 Å². The number of aliphatic hydroxyl groups is 2. The van der Waals surface area contributed by atoms with Crippen molar-refractivity contribution in [3.8, 4) is 0 Å². The number of carbonyl (C=O) groups is 3. The molecule has 0 aromatic carbocycles. The molecule has 5 aliphatic rings. The van der Waals surface area contributed by atoms with E-state index >= 15 is 0 Å². The van der Waals surface area contributed by atoms with Gasteiger partial charge in [-0.3, -0.25) is 19.3 Å². The number of ketones is 1. The normalized spacial score (nSPS) is 38.9. The fourth-order valence-electron chi connectivity index (χ4n) is 11.1. The number of hydrogen-bond donors (Lipinski definition) is 3. The number of nitrogens with two attached hydrogens (primary N) is 1. The van der Waals surface area contributed by atoms with E-state index in [1.165, 1.54) is 0 Å². The second kappa shape index (κ2) is 13.7. The molecule has 0 spiro atoms. The summed E-state index contributed by atoms with van der Waals surface area (Å²) in [5, 5.41) is 23.6. The minimum Gasteiger partial charge on any atom is -0.458 e. The maximum Gasteiger partial charge on any atom is 0.320 e. The van der Waals surface area contributed by atoms with Crippen molar-refractivity contribution in [2.75, 3.05) is 50.7 Å². The first-order valence-electron chi connectivity index (χ1n) is 19.5. The summed E-state index contributed by atoms with van der Waals surface area (Å²) < 4.78 is 8.30. The number of piperazine rings is 1. The largest absolute Gasteiger partial charge is 0.458 e. The summed E-state index contributed by atoms with van der Waals surface area (Å²) in [6, 6.07) is 0.222. The zero-order valence-electron chi connectivity index (χ0n) is 32.0. The van der Waals surface area contributed by atoms with E-state index in [9.17, 15) is 24.6 Å². The van der Waals surface area contributed by atoms with Crippen LogP contribution >= 0.6 is 0 Å². The van der Waals surface area contributed by atoms with E-state index in [2.05, 4.69) is 33.4 Å². The van der Waals surface area contributed by atoms with Crippen LogP contribution in [0.5, 0.6) is 0 Å². The first-order chi connectivity index (χ1) is 25.1. The van der Waals surface area contributed by atoms with Crippen LogP contribution in [0.2, 0.25) is 0 Å². The maximum atomic E-state index is 13.7. The minimum atomic E-state index is -1.09. The molecule has 2 saturated heterocycles. The molecule has 14 nitrogen and oxygen atoms in total. The van der Waals surface area contributed by atoms with E-state index in [1.807, 2.05) is 42.1 Å². The molecule has 1 amide bonds. The molecule has 2 bridgehead atoms. The lowest BCUT2D eigenvalue weighted by molar-refractivity contribution is -0.252. The summed E-state index contributed by atoms with van der Waals surface area (Å²) in [7, 11) is 0. The van der Waals surface area contributed by atoms with Gasteiger partial charge in [0.2, 0.25) is 5.91 Å². The van der Waals surface area contributed by atoms with Crippen molar-refractivity contribution >= 4 is 34.6 Å². The number of esters is 1. The van der Waals surface area contributed by atoms with Crippen LogP contribution in [0.1, 0.15) is 73.1 Å². The van der Waals surface area contributed by atoms with E-state index in [4.69, 9.17) is 10.5 Å². The van der Waals surface area contributed by atoms with Crippen LogP contribution in [0.4, 0.5) is 5.82 Å². The summed E-state index contributed by atoms with van der Waals surface area (Å²) >= 11 is 0. The molecule has 290 valence electrons. The molecule has 10 unspecified atom stereocenters. The zero-order valence-corrected chi connectivity index (χ0v) is 32.0. The number of nitrogens with zero attached hydrogens (tertiary/aromatic N) is 7. The van der Waals surface area contributed by atoms with Gasteiger partial charge in [0, 0.05) is 81.4 Å². The second-order valence-electron chi connectivity index (χ2n) is 17.4. The SMILES string of the molecule is C=CC1(C)CC(O)C2(C)C3C(=O)CCC3(CCC2(C)OC(=O)CN2CCN(C(=O)CCn3cnc4c(N5CC(C)C5CN)ncnc43)CC2)C(C)C1O. The molecule has 2 aromatic rings. The number of amides is 1. The predicted octanol–water partition coefficient (Wildman–Crippen LogP) is 2.17. The number of aromatic nitrogens is 4. The van der Waals surface area contributed by atoms with Gasteiger partial charge in [-0.1, -0.05) is 33.8 Å². The lowest BCUT2D eigenvalue weighted by Gasteiger charge is -2.64. The maximum absolute atomic E-state index is 13.7. The van der Waals surface area contributed by atoms with E-state index in [0.717, 1.165) is 12.4 Å². The molecule has 4 N–H and O–H groups in total. The summed E-state index contributed by atoms with van der Waals surface area (Å²) in [5.74, 6) is 0.242. The Hall–Kier alpha value is -3.46. The van der Waals surface area contributed by atoms with Crippen molar-refractivity contribution in [2.24, 2.45) is 39.7 Å². The Morgan fingerprint density at radius 2 is 1.81 bits per heavy atom. The quantitative estimate of drug-likeness (QED) is 0.253. The van der Waals surface area contributed by atoms with Crippen LogP contribution in [0.3, 0.4) is 0 Å². The van der Waals surface area contributed by atoms with Gasteiger partial charge in [-0.15, -0.1) is 6.58 Å². The van der Waals surface area contributed by atoms with Crippen LogP contribution < -0.4 is 10.6 Å². The van der Waals surface area contributed by atoms with Gasteiger partial charge in [0.1, 0.15) is 17.7 Å². The highest BCUT2D eigenvalue weighted by molar-refractivity contribution is 5.86.